The van der Waals surface area contributed by atoms with E-state index in [1.807, 2.05) is 0 Å². The fraction of sp³-hybridized carbons (Fsp3) is 0.550. The van der Waals surface area contributed by atoms with Crippen LogP contribution in [0.4, 0.5) is 4.79 Å². The topological polar surface area (TPSA) is 113 Å². The highest BCUT2D eigenvalue weighted by Gasteiger charge is 2.47. The molecule has 1 saturated heterocycles. The molecule has 0 radical (unpaired) electrons. The van der Waals surface area contributed by atoms with Crippen LogP contribution in [0.25, 0.3) is 0 Å². The Labute approximate surface area is 164 Å². The summed E-state index contributed by atoms with van der Waals surface area (Å²) in [5, 5.41) is 19.4. The number of Topliss-reactive ketones (excluding diaryl/α,β-unsaturated/α-hetero) is 1. The highest BCUT2D eigenvalue weighted by Crippen LogP contribution is 2.43. The number of carboxylic acid groups (broad SMARTS) is 2. The molecule has 8 heteroatoms. The maximum absolute atomic E-state index is 12.7. The highest BCUT2D eigenvalue weighted by atomic mass is 16.7. The summed E-state index contributed by atoms with van der Waals surface area (Å²) in [4.78, 5) is 37.7. The zero-order valence-corrected chi connectivity index (χ0v) is 16.7. The number of methoxy groups -OCH3 is 1. The summed E-state index contributed by atoms with van der Waals surface area (Å²) in [6.07, 6.45) is -0.657. The number of carboxylic acids is 1. The first-order valence-corrected chi connectivity index (χ1v) is 9.20. The van der Waals surface area contributed by atoms with Crippen molar-refractivity contribution in [1.82, 2.24) is 4.90 Å². The second-order valence-corrected chi connectivity index (χ2v) is 7.05. The number of benzene rings is 1. The van der Waals surface area contributed by atoms with Crippen LogP contribution in [-0.2, 0) is 14.9 Å². The quantitative estimate of drug-likeness (QED) is 0.541. The van der Waals surface area contributed by atoms with Gasteiger partial charge in [-0.15, -0.1) is 0 Å². The van der Waals surface area contributed by atoms with Crippen LogP contribution in [0.5, 0.6) is 5.75 Å². The van der Waals surface area contributed by atoms with Crippen molar-refractivity contribution in [3.8, 4) is 5.75 Å². The van der Waals surface area contributed by atoms with Crippen molar-refractivity contribution in [2.45, 2.75) is 45.4 Å². The van der Waals surface area contributed by atoms with E-state index < -0.39 is 17.5 Å². The maximum Gasteiger partial charge on any atom is 0.407 e. The number of carbonyl (C=O) groups is 3. The molecule has 1 aliphatic rings. The van der Waals surface area contributed by atoms with E-state index in [1.165, 1.54) is 12.0 Å². The normalized spacial score (nSPS) is 15.9. The van der Waals surface area contributed by atoms with Gasteiger partial charge >= 0.3 is 12.1 Å². The zero-order valence-electron chi connectivity index (χ0n) is 16.7. The predicted molar refractivity (Wildman–Crippen MR) is 101 cm³/mol. The molecule has 0 aromatic heterocycles. The first kappa shape index (κ1) is 21.7. The van der Waals surface area contributed by atoms with Gasteiger partial charge in [-0.1, -0.05) is 6.92 Å². The number of carbonyl (C=O) groups excluding carboxylic acids is 1. The van der Waals surface area contributed by atoms with Gasteiger partial charge in [0.2, 0.25) is 0 Å². The number of hydrogen-bond acceptors (Lipinski definition) is 5. The van der Waals surface area contributed by atoms with Crippen LogP contribution in [-0.4, -0.2) is 60.0 Å². The summed E-state index contributed by atoms with van der Waals surface area (Å²) in [5.41, 5.74) is 0.692. The summed E-state index contributed by atoms with van der Waals surface area (Å²) >= 11 is 0. The van der Waals surface area contributed by atoms with Gasteiger partial charge < -0.3 is 24.6 Å². The highest BCUT2D eigenvalue weighted by molar-refractivity contribution is 6.01. The van der Waals surface area contributed by atoms with Crippen molar-refractivity contribution in [1.29, 1.82) is 0 Å². The maximum atomic E-state index is 12.7. The number of likely N-dealkylation sites (tertiary alicyclic amines) is 1. The zero-order chi connectivity index (χ0) is 21.1. The van der Waals surface area contributed by atoms with Gasteiger partial charge in [0.1, 0.15) is 5.75 Å². The molecule has 1 aliphatic heterocycles. The lowest BCUT2D eigenvalue weighted by Gasteiger charge is -2.40. The molecular weight excluding hydrogens is 366 g/mol. The number of nitrogens with zero attached hydrogens (tertiary/aromatic N) is 1. The second kappa shape index (κ2) is 8.60. The standard InChI is InChI=1S/C20H27NO7/c1-5-14(22)16-12(2)10-15(28-11-27-4)13(3)17(16)20(18(23)24)6-8-21(9-7-20)19(25)26/h10H,5-9,11H2,1-4H3,(H,23,24)(H,25,26). The van der Waals surface area contributed by atoms with Crippen LogP contribution in [0.1, 0.15) is 53.2 Å². The van der Waals surface area contributed by atoms with Gasteiger partial charge in [-0.2, -0.15) is 0 Å². The summed E-state index contributed by atoms with van der Waals surface area (Å²) in [6.45, 7) is 5.39. The molecule has 2 N–H and O–H groups in total. The average Bonchev–Trinajstić information content (AvgIpc) is 2.67. The largest absolute Gasteiger partial charge is 0.481 e. The van der Waals surface area contributed by atoms with Gasteiger partial charge in [0, 0.05) is 32.2 Å². The summed E-state index contributed by atoms with van der Waals surface area (Å²) < 4.78 is 10.6. The second-order valence-electron chi connectivity index (χ2n) is 7.05. The smallest absolute Gasteiger partial charge is 0.407 e. The van der Waals surface area contributed by atoms with E-state index in [9.17, 15) is 24.6 Å². The molecule has 1 amide bonds. The Hall–Kier alpha value is -2.61. The minimum Gasteiger partial charge on any atom is -0.481 e. The monoisotopic (exact) mass is 393 g/mol. The number of rotatable bonds is 7. The lowest BCUT2D eigenvalue weighted by molar-refractivity contribution is -0.145. The lowest BCUT2D eigenvalue weighted by atomic mass is 9.68. The lowest BCUT2D eigenvalue weighted by Crippen LogP contribution is -2.49. The van der Waals surface area contributed by atoms with Crippen LogP contribution >= 0.6 is 0 Å². The van der Waals surface area contributed by atoms with Crippen molar-refractivity contribution in [2.24, 2.45) is 0 Å². The van der Waals surface area contributed by atoms with E-state index in [-0.39, 0.29) is 44.9 Å². The number of ketones is 1. The SMILES string of the molecule is CCC(=O)c1c(C)cc(OCOC)c(C)c1C1(C(=O)O)CCN(C(=O)O)CC1. The molecule has 1 fully saturated rings. The number of piperidine rings is 1. The van der Waals surface area contributed by atoms with Gasteiger partial charge in [-0.3, -0.25) is 9.59 Å². The van der Waals surface area contributed by atoms with Gasteiger partial charge in [-0.05, 0) is 49.4 Å². The number of ether oxygens (including phenoxy) is 2. The molecule has 0 saturated carbocycles. The molecule has 0 unspecified atom stereocenters. The van der Waals surface area contributed by atoms with E-state index in [0.717, 1.165) is 0 Å². The summed E-state index contributed by atoms with van der Waals surface area (Å²) in [6, 6.07) is 1.72. The summed E-state index contributed by atoms with van der Waals surface area (Å²) in [7, 11) is 1.48. The minimum atomic E-state index is -1.35. The van der Waals surface area contributed by atoms with E-state index >= 15 is 0 Å². The Bertz CT molecular complexity index is 779. The Morgan fingerprint density at radius 3 is 2.25 bits per heavy atom. The van der Waals surface area contributed by atoms with Crippen LogP contribution in [0.3, 0.4) is 0 Å². The van der Waals surface area contributed by atoms with E-state index in [2.05, 4.69) is 0 Å². The molecule has 1 aromatic carbocycles. The molecule has 0 spiro atoms. The molecular formula is C20H27NO7. The fourth-order valence-electron chi connectivity index (χ4n) is 3.94. The van der Waals surface area contributed by atoms with Gasteiger partial charge in [0.05, 0.1) is 5.41 Å². The van der Waals surface area contributed by atoms with Crippen LogP contribution < -0.4 is 4.74 Å². The molecule has 0 bridgehead atoms. The molecule has 0 atom stereocenters. The molecule has 1 heterocycles. The molecule has 2 rings (SSSR count). The Balaban J connectivity index is 2.70. The number of aliphatic carboxylic acids is 1. The van der Waals surface area contributed by atoms with Crippen LogP contribution in [0.15, 0.2) is 6.07 Å². The fourth-order valence-corrected chi connectivity index (χ4v) is 3.94. The molecule has 0 aliphatic carbocycles. The van der Waals surface area contributed by atoms with E-state index in [4.69, 9.17) is 9.47 Å². The third kappa shape index (κ3) is 3.82. The third-order valence-corrected chi connectivity index (χ3v) is 5.44. The summed E-state index contributed by atoms with van der Waals surface area (Å²) in [5.74, 6) is -0.743. The predicted octanol–water partition coefficient (Wildman–Crippen LogP) is 2.98. The van der Waals surface area contributed by atoms with Crippen LogP contribution in [0, 0.1) is 13.8 Å². The minimum absolute atomic E-state index is 0.00630. The van der Waals surface area contributed by atoms with Crippen molar-refractivity contribution in [2.75, 3.05) is 27.0 Å². The van der Waals surface area contributed by atoms with Gasteiger partial charge in [0.15, 0.2) is 12.6 Å². The number of amides is 1. The first-order valence-electron chi connectivity index (χ1n) is 9.20. The van der Waals surface area contributed by atoms with Gasteiger partial charge in [0.25, 0.3) is 0 Å². The molecule has 28 heavy (non-hydrogen) atoms. The van der Waals surface area contributed by atoms with E-state index in [0.29, 0.717) is 28.0 Å². The molecule has 8 nitrogen and oxygen atoms in total. The van der Waals surface area contributed by atoms with Gasteiger partial charge in [-0.25, -0.2) is 4.79 Å². The number of aryl methyl sites for hydroxylation is 1. The molecule has 1 aromatic rings. The Morgan fingerprint density at radius 1 is 1.18 bits per heavy atom. The first-order chi connectivity index (χ1) is 13.2. The van der Waals surface area contributed by atoms with E-state index in [1.54, 1.807) is 26.8 Å². The Morgan fingerprint density at radius 2 is 1.79 bits per heavy atom. The van der Waals surface area contributed by atoms with Crippen molar-refractivity contribution in [3.05, 3.63) is 28.3 Å². The van der Waals surface area contributed by atoms with Crippen molar-refractivity contribution in [3.63, 3.8) is 0 Å². The van der Waals surface area contributed by atoms with Crippen LogP contribution in [0.2, 0.25) is 0 Å². The third-order valence-electron chi connectivity index (χ3n) is 5.44. The van der Waals surface area contributed by atoms with Crippen molar-refractivity contribution >= 4 is 17.8 Å². The molecule has 154 valence electrons. The van der Waals surface area contributed by atoms with Crippen molar-refractivity contribution < 1.29 is 34.1 Å². The average molecular weight is 393 g/mol. The number of hydrogen-bond donors (Lipinski definition) is 2. The Kier molecular flexibility index (Phi) is 6.66.